The molecule has 1 amide bonds. The second kappa shape index (κ2) is 9.28. The minimum Gasteiger partial charge on any atom is -0.496 e. The maximum Gasteiger partial charge on any atom is 0.251 e. The normalized spacial score (nSPS) is 19.3. The van der Waals surface area contributed by atoms with Crippen LogP contribution in [0.5, 0.6) is 5.75 Å². The summed E-state index contributed by atoms with van der Waals surface area (Å²) in [6.07, 6.45) is 2.90. The van der Waals surface area contributed by atoms with E-state index in [1.54, 1.807) is 31.4 Å². The van der Waals surface area contributed by atoms with Crippen LogP contribution in [0.25, 0.3) is 0 Å². The molecule has 31 heavy (non-hydrogen) atoms. The average Bonchev–Trinajstić information content (AvgIpc) is 3.43. The van der Waals surface area contributed by atoms with Gasteiger partial charge >= 0.3 is 0 Å². The maximum absolute atomic E-state index is 12.9. The Hall–Kier alpha value is -2.58. The standard InChI is InChI=1S/C23H29N3O4S/c1-30-22-11-3-2-10-20(22)21(25-12-4-5-13-25)17-24-23(27)18-8-6-9-19(16-18)26-14-7-15-31(26,28)29/h2-3,6,8-11,16,21H,4-5,7,12-15,17H2,1H3,(H,24,27). The molecule has 0 radical (unpaired) electrons. The van der Waals surface area contributed by atoms with Gasteiger partial charge in [-0.05, 0) is 56.6 Å². The highest BCUT2D eigenvalue weighted by molar-refractivity contribution is 7.93. The number of likely N-dealkylation sites (tertiary alicyclic amines) is 1. The van der Waals surface area contributed by atoms with Crippen LogP contribution in [0.2, 0.25) is 0 Å². The summed E-state index contributed by atoms with van der Waals surface area (Å²) in [7, 11) is -1.62. The second-order valence-electron chi connectivity index (χ2n) is 8.00. The van der Waals surface area contributed by atoms with Crippen molar-refractivity contribution in [2.75, 3.05) is 43.3 Å². The zero-order chi connectivity index (χ0) is 21.8. The molecule has 1 unspecified atom stereocenters. The molecule has 2 aromatic carbocycles. The lowest BCUT2D eigenvalue weighted by atomic mass is 10.0. The molecule has 0 aromatic heterocycles. The van der Waals surface area contributed by atoms with Gasteiger partial charge in [-0.1, -0.05) is 24.3 Å². The summed E-state index contributed by atoms with van der Waals surface area (Å²) in [5.41, 5.74) is 2.06. The first-order valence-electron chi connectivity index (χ1n) is 10.8. The van der Waals surface area contributed by atoms with Gasteiger partial charge in [-0.2, -0.15) is 0 Å². The lowest BCUT2D eigenvalue weighted by molar-refractivity contribution is 0.0937. The molecule has 1 N–H and O–H groups in total. The van der Waals surface area contributed by atoms with Gasteiger partial charge in [0.15, 0.2) is 0 Å². The first-order chi connectivity index (χ1) is 15.0. The molecule has 0 saturated carbocycles. The Kier molecular flexibility index (Phi) is 6.48. The van der Waals surface area contributed by atoms with Gasteiger partial charge in [0, 0.05) is 24.2 Å². The lowest BCUT2D eigenvalue weighted by Gasteiger charge is -2.29. The van der Waals surface area contributed by atoms with Gasteiger partial charge in [0.25, 0.3) is 5.91 Å². The van der Waals surface area contributed by atoms with Crippen molar-refractivity contribution in [3.63, 3.8) is 0 Å². The van der Waals surface area contributed by atoms with E-state index >= 15 is 0 Å². The van der Waals surface area contributed by atoms with Gasteiger partial charge in [0.1, 0.15) is 5.75 Å². The molecule has 7 nitrogen and oxygen atoms in total. The van der Waals surface area contributed by atoms with Crippen LogP contribution in [0, 0.1) is 0 Å². The van der Waals surface area contributed by atoms with Crippen molar-refractivity contribution in [2.45, 2.75) is 25.3 Å². The van der Waals surface area contributed by atoms with Crippen LogP contribution in [0.3, 0.4) is 0 Å². The minimum absolute atomic E-state index is 0.0183. The summed E-state index contributed by atoms with van der Waals surface area (Å²) >= 11 is 0. The van der Waals surface area contributed by atoms with E-state index in [1.807, 2.05) is 24.3 Å². The van der Waals surface area contributed by atoms with E-state index < -0.39 is 10.0 Å². The molecule has 0 aliphatic carbocycles. The summed E-state index contributed by atoms with van der Waals surface area (Å²) in [6, 6.07) is 14.8. The quantitative estimate of drug-likeness (QED) is 0.712. The number of sulfonamides is 1. The van der Waals surface area contributed by atoms with Crippen LogP contribution in [0.1, 0.15) is 41.2 Å². The highest BCUT2D eigenvalue weighted by Crippen LogP contribution is 2.31. The molecule has 2 saturated heterocycles. The van der Waals surface area contributed by atoms with Gasteiger partial charge in [0.2, 0.25) is 10.0 Å². The van der Waals surface area contributed by atoms with Crippen LogP contribution in [-0.4, -0.2) is 58.3 Å². The predicted octanol–water partition coefficient (Wildman–Crippen LogP) is 2.80. The number of benzene rings is 2. The number of rotatable bonds is 7. The molecule has 8 heteroatoms. The molecular weight excluding hydrogens is 414 g/mol. The molecule has 4 rings (SSSR count). The van der Waals surface area contributed by atoms with Gasteiger partial charge in [-0.15, -0.1) is 0 Å². The van der Waals surface area contributed by atoms with Crippen molar-refractivity contribution < 1.29 is 17.9 Å². The molecule has 2 aliphatic rings. The Bertz CT molecular complexity index is 1030. The van der Waals surface area contributed by atoms with E-state index in [1.165, 1.54) is 4.31 Å². The monoisotopic (exact) mass is 443 g/mol. The Morgan fingerprint density at radius 2 is 1.84 bits per heavy atom. The summed E-state index contributed by atoms with van der Waals surface area (Å²) in [6.45, 7) is 2.88. The average molecular weight is 444 g/mol. The topological polar surface area (TPSA) is 79.0 Å². The van der Waals surface area contributed by atoms with Gasteiger partial charge < -0.3 is 10.1 Å². The highest BCUT2D eigenvalue weighted by Gasteiger charge is 2.29. The SMILES string of the molecule is COc1ccccc1C(CNC(=O)c1cccc(N2CCCS2(=O)=O)c1)N1CCCC1. The van der Waals surface area contributed by atoms with E-state index in [-0.39, 0.29) is 17.7 Å². The summed E-state index contributed by atoms with van der Waals surface area (Å²) < 4.78 is 31.4. The number of ether oxygens (including phenoxy) is 1. The number of para-hydroxylation sites is 1. The maximum atomic E-state index is 12.9. The summed E-state index contributed by atoms with van der Waals surface area (Å²) in [5, 5.41) is 3.06. The second-order valence-corrected chi connectivity index (χ2v) is 10.0. The molecule has 0 bridgehead atoms. The molecule has 2 fully saturated rings. The first kappa shape index (κ1) is 21.6. The largest absolute Gasteiger partial charge is 0.496 e. The number of hydrogen-bond donors (Lipinski definition) is 1. The van der Waals surface area contributed by atoms with E-state index in [0.29, 0.717) is 30.8 Å². The zero-order valence-electron chi connectivity index (χ0n) is 17.8. The van der Waals surface area contributed by atoms with Gasteiger partial charge in [-0.3, -0.25) is 14.0 Å². The van der Waals surface area contributed by atoms with Crippen LogP contribution < -0.4 is 14.4 Å². The van der Waals surface area contributed by atoms with Crippen LogP contribution >= 0.6 is 0 Å². The molecule has 0 spiro atoms. The van der Waals surface area contributed by atoms with Crippen LogP contribution in [-0.2, 0) is 10.0 Å². The van der Waals surface area contributed by atoms with Gasteiger partial charge in [0.05, 0.1) is 24.6 Å². The molecule has 2 heterocycles. The number of nitrogens with one attached hydrogen (secondary N) is 1. The third kappa shape index (κ3) is 4.70. The number of nitrogens with zero attached hydrogens (tertiary/aromatic N) is 2. The molecule has 166 valence electrons. The van der Waals surface area contributed by atoms with Crippen molar-refractivity contribution in [1.82, 2.24) is 10.2 Å². The smallest absolute Gasteiger partial charge is 0.251 e. The highest BCUT2D eigenvalue weighted by atomic mass is 32.2. The zero-order valence-corrected chi connectivity index (χ0v) is 18.6. The van der Waals surface area contributed by atoms with E-state index in [2.05, 4.69) is 10.2 Å². The van der Waals surface area contributed by atoms with Gasteiger partial charge in [-0.25, -0.2) is 8.42 Å². The Labute approximate surface area is 184 Å². The molecular formula is C23H29N3O4S. The van der Waals surface area contributed by atoms with E-state index in [9.17, 15) is 13.2 Å². The van der Waals surface area contributed by atoms with Crippen LogP contribution in [0.15, 0.2) is 48.5 Å². The Morgan fingerprint density at radius 3 is 2.55 bits per heavy atom. The summed E-state index contributed by atoms with van der Waals surface area (Å²) in [5.74, 6) is 0.757. The van der Waals surface area contributed by atoms with Crippen molar-refractivity contribution >= 4 is 21.6 Å². The van der Waals surface area contributed by atoms with E-state index in [0.717, 1.165) is 37.2 Å². The Balaban J connectivity index is 1.51. The third-order valence-electron chi connectivity index (χ3n) is 6.03. The molecule has 2 aromatic rings. The fourth-order valence-electron chi connectivity index (χ4n) is 4.45. The lowest BCUT2D eigenvalue weighted by Crippen LogP contribution is -2.37. The number of carbonyl (C=O) groups excluding carboxylic acids is 1. The van der Waals surface area contributed by atoms with Crippen molar-refractivity contribution in [1.29, 1.82) is 0 Å². The fourth-order valence-corrected chi connectivity index (χ4v) is 6.01. The minimum atomic E-state index is -3.28. The Morgan fingerprint density at radius 1 is 1.06 bits per heavy atom. The number of carbonyl (C=O) groups is 1. The van der Waals surface area contributed by atoms with Crippen molar-refractivity contribution in [2.24, 2.45) is 0 Å². The molecule has 2 aliphatic heterocycles. The van der Waals surface area contributed by atoms with Crippen molar-refractivity contribution in [3.05, 3.63) is 59.7 Å². The fraction of sp³-hybridized carbons (Fsp3) is 0.435. The molecule has 1 atom stereocenters. The number of methoxy groups -OCH3 is 1. The number of amides is 1. The third-order valence-corrected chi connectivity index (χ3v) is 7.90. The first-order valence-corrected chi connectivity index (χ1v) is 12.4. The summed E-state index contributed by atoms with van der Waals surface area (Å²) in [4.78, 5) is 15.3. The van der Waals surface area contributed by atoms with Crippen molar-refractivity contribution in [3.8, 4) is 5.75 Å². The van der Waals surface area contributed by atoms with E-state index in [4.69, 9.17) is 4.74 Å². The number of hydrogen-bond acceptors (Lipinski definition) is 5. The van der Waals surface area contributed by atoms with Crippen LogP contribution in [0.4, 0.5) is 5.69 Å². The predicted molar refractivity (Wildman–Crippen MR) is 121 cm³/mol. The number of anilines is 1.